The molecular formula is C16H17ClN2O3S. The van der Waals surface area contributed by atoms with E-state index in [1.165, 1.54) is 11.3 Å². The number of rotatable bonds is 7. The maximum Gasteiger partial charge on any atom is 0.312 e. The molecule has 1 N–H and O–H groups in total. The average Bonchev–Trinajstić information content (AvgIpc) is 2.92. The summed E-state index contributed by atoms with van der Waals surface area (Å²) in [5.74, 6) is -0.773. The Balaban J connectivity index is 1.62. The summed E-state index contributed by atoms with van der Waals surface area (Å²) in [5.41, 5.74) is 1.74. The number of carbonyl (C=O) groups excluding carboxylic acids is 2. The van der Waals surface area contributed by atoms with Crippen LogP contribution in [0.5, 0.6) is 0 Å². The van der Waals surface area contributed by atoms with Crippen molar-refractivity contribution in [1.29, 1.82) is 0 Å². The number of hydrogen-bond donors (Lipinski definition) is 1. The van der Waals surface area contributed by atoms with Crippen LogP contribution in [0.1, 0.15) is 16.3 Å². The number of amides is 1. The number of halogens is 1. The molecule has 0 saturated carbocycles. The molecule has 2 aromatic rings. The molecular weight excluding hydrogens is 336 g/mol. The van der Waals surface area contributed by atoms with E-state index in [4.69, 9.17) is 16.3 Å². The van der Waals surface area contributed by atoms with Gasteiger partial charge in [-0.25, -0.2) is 4.98 Å². The molecule has 1 amide bonds. The van der Waals surface area contributed by atoms with Gasteiger partial charge in [0.25, 0.3) is 5.91 Å². The van der Waals surface area contributed by atoms with Crippen LogP contribution in [0.3, 0.4) is 0 Å². The van der Waals surface area contributed by atoms with Gasteiger partial charge in [0, 0.05) is 16.9 Å². The molecule has 0 spiro atoms. The zero-order valence-corrected chi connectivity index (χ0v) is 14.2. The van der Waals surface area contributed by atoms with E-state index in [1.807, 2.05) is 24.4 Å². The Bertz CT molecular complexity index is 670. The highest BCUT2D eigenvalue weighted by Crippen LogP contribution is 2.10. The summed E-state index contributed by atoms with van der Waals surface area (Å²) in [6.45, 7) is 2.07. The molecule has 0 unspecified atom stereocenters. The van der Waals surface area contributed by atoms with Crippen molar-refractivity contribution in [3.63, 3.8) is 0 Å². The topological polar surface area (TPSA) is 68.3 Å². The fourth-order valence-corrected chi connectivity index (χ4v) is 2.62. The number of ether oxygens (including phenoxy) is 1. The number of benzene rings is 1. The van der Waals surface area contributed by atoms with Crippen molar-refractivity contribution < 1.29 is 14.3 Å². The van der Waals surface area contributed by atoms with Crippen molar-refractivity contribution in [2.24, 2.45) is 0 Å². The van der Waals surface area contributed by atoms with Crippen molar-refractivity contribution >= 4 is 34.8 Å². The predicted molar refractivity (Wildman–Crippen MR) is 89.7 cm³/mol. The molecule has 0 fully saturated rings. The van der Waals surface area contributed by atoms with Crippen molar-refractivity contribution in [3.05, 3.63) is 50.9 Å². The summed E-state index contributed by atoms with van der Waals surface area (Å²) < 4.78 is 4.93. The first-order valence-corrected chi connectivity index (χ1v) is 8.36. The van der Waals surface area contributed by atoms with Crippen molar-refractivity contribution in [2.75, 3.05) is 13.2 Å². The Kier molecular flexibility index (Phi) is 6.55. The van der Waals surface area contributed by atoms with Crippen LogP contribution < -0.4 is 5.32 Å². The van der Waals surface area contributed by atoms with Crippen LogP contribution in [-0.2, 0) is 27.2 Å². The molecule has 1 aromatic heterocycles. The van der Waals surface area contributed by atoms with E-state index in [-0.39, 0.29) is 18.9 Å². The monoisotopic (exact) mass is 352 g/mol. The normalized spacial score (nSPS) is 10.3. The summed E-state index contributed by atoms with van der Waals surface area (Å²) in [6.07, 6.45) is 0.775. The summed E-state index contributed by atoms with van der Waals surface area (Å²) in [6, 6.07) is 7.43. The second kappa shape index (κ2) is 8.64. The number of aryl methyl sites for hydroxylation is 1. The van der Waals surface area contributed by atoms with E-state index in [9.17, 15) is 9.59 Å². The number of esters is 1. The van der Waals surface area contributed by atoms with Crippen LogP contribution in [-0.4, -0.2) is 30.0 Å². The number of nitrogens with zero attached hydrogens (tertiary/aromatic N) is 1. The molecule has 0 aliphatic carbocycles. The zero-order chi connectivity index (χ0) is 16.7. The molecule has 122 valence electrons. The lowest BCUT2D eigenvalue weighted by molar-refractivity contribution is -0.147. The van der Waals surface area contributed by atoms with E-state index < -0.39 is 5.97 Å². The van der Waals surface area contributed by atoms with Crippen LogP contribution in [0, 0.1) is 6.92 Å². The lowest BCUT2D eigenvalue weighted by atomic mass is 10.1. The van der Waals surface area contributed by atoms with Crippen LogP contribution in [0.2, 0.25) is 5.02 Å². The first kappa shape index (κ1) is 17.4. The molecule has 0 saturated heterocycles. The summed E-state index contributed by atoms with van der Waals surface area (Å²) in [4.78, 5) is 27.4. The first-order valence-electron chi connectivity index (χ1n) is 7.10. The van der Waals surface area contributed by atoms with Gasteiger partial charge in [0.1, 0.15) is 0 Å². The highest BCUT2D eigenvalue weighted by molar-refractivity contribution is 7.09. The van der Waals surface area contributed by atoms with Gasteiger partial charge in [0.2, 0.25) is 0 Å². The van der Waals surface area contributed by atoms with Gasteiger partial charge >= 0.3 is 5.97 Å². The SMILES string of the molecule is Cc1nc(CC(=O)OCC(=O)NCCc2ccc(Cl)cc2)cs1. The highest BCUT2D eigenvalue weighted by atomic mass is 35.5. The largest absolute Gasteiger partial charge is 0.455 e. The molecule has 0 aliphatic heterocycles. The lowest BCUT2D eigenvalue weighted by Gasteiger charge is -2.06. The predicted octanol–water partition coefficient (Wildman–Crippen LogP) is 2.55. The molecule has 0 bridgehead atoms. The minimum absolute atomic E-state index is 0.0857. The van der Waals surface area contributed by atoms with E-state index in [0.29, 0.717) is 23.7 Å². The molecule has 1 aromatic carbocycles. The molecule has 23 heavy (non-hydrogen) atoms. The maximum absolute atomic E-state index is 11.6. The standard InChI is InChI=1S/C16H17ClN2O3S/c1-11-19-14(10-23-11)8-16(21)22-9-15(20)18-7-6-12-2-4-13(17)5-3-12/h2-5,10H,6-9H2,1H3,(H,18,20). The molecule has 5 nitrogen and oxygen atoms in total. The maximum atomic E-state index is 11.6. The van der Waals surface area contributed by atoms with E-state index in [2.05, 4.69) is 10.3 Å². The van der Waals surface area contributed by atoms with E-state index in [0.717, 1.165) is 10.6 Å². The van der Waals surface area contributed by atoms with Crippen molar-refractivity contribution in [3.8, 4) is 0 Å². The molecule has 7 heteroatoms. The Morgan fingerprint density at radius 1 is 1.30 bits per heavy atom. The van der Waals surface area contributed by atoms with Crippen LogP contribution in [0.15, 0.2) is 29.6 Å². The van der Waals surface area contributed by atoms with Gasteiger partial charge < -0.3 is 10.1 Å². The Labute approximate surface area is 143 Å². The summed E-state index contributed by atoms with van der Waals surface area (Å²) in [5, 5.41) is 6.09. The van der Waals surface area contributed by atoms with Gasteiger partial charge in [-0.05, 0) is 31.0 Å². The number of carbonyl (C=O) groups is 2. The second-order valence-corrected chi connectivity index (χ2v) is 6.42. The van der Waals surface area contributed by atoms with Crippen LogP contribution >= 0.6 is 22.9 Å². The molecule has 2 rings (SSSR count). The van der Waals surface area contributed by atoms with Gasteiger partial charge in [-0.3, -0.25) is 9.59 Å². The van der Waals surface area contributed by atoms with Gasteiger partial charge in [0.05, 0.1) is 17.1 Å². The minimum atomic E-state index is -0.455. The Hall–Kier alpha value is -1.92. The fraction of sp³-hybridized carbons (Fsp3) is 0.312. The minimum Gasteiger partial charge on any atom is -0.455 e. The van der Waals surface area contributed by atoms with Crippen LogP contribution in [0.25, 0.3) is 0 Å². The third-order valence-electron chi connectivity index (χ3n) is 3.01. The molecule has 0 radical (unpaired) electrons. The van der Waals surface area contributed by atoms with Gasteiger partial charge in [0.15, 0.2) is 6.61 Å². The molecule has 1 heterocycles. The third-order valence-corrected chi connectivity index (χ3v) is 4.08. The van der Waals surface area contributed by atoms with E-state index in [1.54, 1.807) is 12.1 Å². The Morgan fingerprint density at radius 2 is 2.04 bits per heavy atom. The van der Waals surface area contributed by atoms with E-state index >= 15 is 0 Å². The van der Waals surface area contributed by atoms with Crippen molar-refractivity contribution in [2.45, 2.75) is 19.8 Å². The summed E-state index contributed by atoms with van der Waals surface area (Å²) in [7, 11) is 0. The third kappa shape index (κ3) is 6.38. The average molecular weight is 353 g/mol. The lowest BCUT2D eigenvalue weighted by Crippen LogP contribution is -2.30. The quantitative estimate of drug-likeness (QED) is 0.777. The number of hydrogen-bond acceptors (Lipinski definition) is 5. The number of thiazole rings is 1. The van der Waals surface area contributed by atoms with Crippen LogP contribution in [0.4, 0.5) is 0 Å². The van der Waals surface area contributed by atoms with Gasteiger partial charge in [-0.15, -0.1) is 11.3 Å². The van der Waals surface area contributed by atoms with Gasteiger partial charge in [-0.2, -0.15) is 0 Å². The van der Waals surface area contributed by atoms with Crippen molar-refractivity contribution in [1.82, 2.24) is 10.3 Å². The first-order chi connectivity index (χ1) is 11.0. The fourth-order valence-electron chi connectivity index (χ4n) is 1.88. The Morgan fingerprint density at radius 3 is 2.70 bits per heavy atom. The number of aromatic nitrogens is 1. The smallest absolute Gasteiger partial charge is 0.312 e. The molecule has 0 aliphatic rings. The summed E-state index contributed by atoms with van der Waals surface area (Å²) >= 11 is 7.28. The second-order valence-electron chi connectivity index (χ2n) is 4.92. The zero-order valence-electron chi connectivity index (χ0n) is 12.7. The van der Waals surface area contributed by atoms with Gasteiger partial charge in [-0.1, -0.05) is 23.7 Å². The number of nitrogens with one attached hydrogen (secondary N) is 1. The molecule has 0 atom stereocenters. The highest BCUT2D eigenvalue weighted by Gasteiger charge is 2.10.